The number of aryl methyl sites for hydroxylation is 1. The van der Waals surface area contributed by atoms with E-state index in [1.54, 1.807) is 12.4 Å². The molecule has 0 spiro atoms. The van der Waals surface area contributed by atoms with Crippen LogP contribution in [0.3, 0.4) is 0 Å². The number of nitrogens with zero attached hydrogens (tertiary/aromatic N) is 2. The molecule has 0 saturated heterocycles. The Balaban J connectivity index is 1.51. The Morgan fingerprint density at radius 3 is 2.76 bits per heavy atom. The van der Waals surface area contributed by atoms with Gasteiger partial charge in [0.05, 0.1) is 5.52 Å². The van der Waals surface area contributed by atoms with Gasteiger partial charge in [-0.2, -0.15) is 0 Å². The monoisotopic (exact) mass is 371 g/mol. The first-order valence-electron chi connectivity index (χ1n) is 7.87. The summed E-state index contributed by atoms with van der Waals surface area (Å²) in [7, 11) is 0. The maximum Gasteiger partial charge on any atom is 0.172 e. The Kier molecular flexibility index (Phi) is 5.63. The molecule has 0 fully saturated rings. The minimum absolute atomic E-state index is 0.547. The second kappa shape index (κ2) is 8.09. The molecule has 0 radical (unpaired) electrons. The summed E-state index contributed by atoms with van der Waals surface area (Å²) in [5.74, 6) is 0.738. The number of hydrogen-bond acceptors (Lipinski definition) is 4. The number of anilines is 2. The van der Waals surface area contributed by atoms with Crippen molar-refractivity contribution in [3.05, 3.63) is 59.4 Å². The van der Waals surface area contributed by atoms with E-state index in [1.807, 2.05) is 43.3 Å². The molecule has 3 N–H and O–H groups in total. The fraction of sp³-hybridized carbons (Fsp3) is 0.167. The van der Waals surface area contributed by atoms with E-state index in [0.717, 1.165) is 28.0 Å². The van der Waals surface area contributed by atoms with Gasteiger partial charge in [-0.1, -0.05) is 11.6 Å². The van der Waals surface area contributed by atoms with E-state index in [9.17, 15) is 0 Å². The largest absolute Gasteiger partial charge is 0.383 e. The molecule has 0 aliphatic carbocycles. The molecule has 0 aliphatic rings. The van der Waals surface area contributed by atoms with Crippen LogP contribution in [0.2, 0.25) is 5.02 Å². The van der Waals surface area contributed by atoms with Crippen LogP contribution in [0, 0.1) is 6.92 Å². The summed E-state index contributed by atoms with van der Waals surface area (Å²) in [5.41, 5.74) is 3.02. The van der Waals surface area contributed by atoms with Crippen molar-refractivity contribution in [1.82, 2.24) is 15.3 Å². The lowest BCUT2D eigenvalue weighted by atomic mass is 10.2. The van der Waals surface area contributed by atoms with Gasteiger partial charge in [0.25, 0.3) is 0 Å². The van der Waals surface area contributed by atoms with Gasteiger partial charge in [0.15, 0.2) is 5.11 Å². The van der Waals surface area contributed by atoms with Crippen molar-refractivity contribution in [3.63, 3.8) is 0 Å². The normalized spacial score (nSPS) is 10.5. The molecule has 3 aromatic rings. The first kappa shape index (κ1) is 17.4. The second-order valence-corrected chi connectivity index (χ2v) is 6.39. The van der Waals surface area contributed by atoms with E-state index >= 15 is 0 Å². The molecule has 0 saturated carbocycles. The maximum absolute atomic E-state index is 6.01. The molecule has 25 heavy (non-hydrogen) atoms. The van der Waals surface area contributed by atoms with Crippen molar-refractivity contribution < 1.29 is 0 Å². The van der Waals surface area contributed by atoms with Crippen molar-refractivity contribution in [2.45, 2.75) is 6.92 Å². The van der Waals surface area contributed by atoms with Crippen molar-refractivity contribution in [1.29, 1.82) is 0 Å². The smallest absolute Gasteiger partial charge is 0.172 e. The molecule has 0 unspecified atom stereocenters. The minimum atomic E-state index is 0.547. The number of rotatable bonds is 5. The number of thiocarbonyl (C=S) groups is 1. The predicted molar refractivity (Wildman–Crippen MR) is 108 cm³/mol. The van der Waals surface area contributed by atoms with E-state index < -0.39 is 0 Å². The third-order valence-corrected chi connectivity index (χ3v) is 4.07. The number of fused-ring (bicyclic) bond motifs is 1. The molecule has 128 valence electrons. The van der Waals surface area contributed by atoms with Gasteiger partial charge >= 0.3 is 0 Å². The molecule has 7 heteroatoms. The highest BCUT2D eigenvalue weighted by atomic mass is 35.5. The quantitative estimate of drug-likeness (QED) is 0.465. The summed E-state index contributed by atoms with van der Waals surface area (Å²) in [6.45, 7) is 3.40. The van der Waals surface area contributed by atoms with Crippen molar-refractivity contribution in [3.8, 4) is 0 Å². The number of nitrogens with one attached hydrogen (secondary N) is 3. The van der Waals surface area contributed by atoms with Crippen LogP contribution in [0.5, 0.6) is 0 Å². The molecular formula is C18H18ClN5S. The van der Waals surface area contributed by atoms with Crippen LogP contribution in [-0.2, 0) is 0 Å². The Labute approximate surface area is 156 Å². The highest BCUT2D eigenvalue weighted by molar-refractivity contribution is 7.80. The van der Waals surface area contributed by atoms with Crippen molar-refractivity contribution in [2.75, 3.05) is 23.7 Å². The summed E-state index contributed by atoms with van der Waals surface area (Å²) in [6, 6.07) is 11.5. The molecular weight excluding hydrogens is 354 g/mol. The van der Waals surface area contributed by atoms with E-state index in [2.05, 4.69) is 25.9 Å². The fourth-order valence-electron chi connectivity index (χ4n) is 2.41. The predicted octanol–water partition coefficient (Wildman–Crippen LogP) is 3.99. The zero-order valence-corrected chi connectivity index (χ0v) is 15.3. The summed E-state index contributed by atoms with van der Waals surface area (Å²) in [4.78, 5) is 8.56. The molecule has 2 aromatic heterocycles. The molecule has 0 amide bonds. The van der Waals surface area contributed by atoms with E-state index in [-0.39, 0.29) is 0 Å². The number of aromatic nitrogens is 2. The van der Waals surface area contributed by atoms with Gasteiger partial charge in [0.1, 0.15) is 5.82 Å². The standard InChI is InChI=1S/C18H18ClN5S/c1-12-4-6-22-17(10-12)24-18(25)23-9-8-21-15-5-7-20-16-11-13(19)2-3-14(15)16/h2-7,10-11H,8-9H2,1H3,(H,20,21)(H2,22,23,24,25). The van der Waals surface area contributed by atoms with Gasteiger partial charge in [-0.05, 0) is 61.1 Å². The number of pyridine rings is 2. The third kappa shape index (κ3) is 4.78. The van der Waals surface area contributed by atoms with Crippen molar-refractivity contribution in [2.24, 2.45) is 0 Å². The lowest BCUT2D eigenvalue weighted by Crippen LogP contribution is -2.32. The summed E-state index contributed by atoms with van der Waals surface area (Å²) in [5, 5.41) is 11.9. The molecule has 3 rings (SSSR count). The molecule has 1 aromatic carbocycles. The highest BCUT2D eigenvalue weighted by Crippen LogP contribution is 2.24. The van der Waals surface area contributed by atoms with Crippen LogP contribution >= 0.6 is 23.8 Å². The zero-order valence-electron chi connectivity index (χ0n) is 13.7. The minimum Gasteiger partial charge on any atom is -0.383 e. The molecule has 0 aliphatic heterocycles. The Hall–Kier alpha value is -2.44. The summed E-state index contributed by atoms with van der Waals surface area (Å²) >= 11 is 11.3. The Morgan fingerprint density at radius 1 is 1.08 bits per heavy atom. The topological polar surface area (TPSA) is 61.9 Å². The number of hydrogen-bond donors (Lipinski definition) is 3. The lowest BCUT2D eigenvalue weighted by molar-refractivity contribution is 0.916. The SMILES string of the molecule is Cc1ccnc(NC(=S)NCCNc2ccnc3cc(Cl)ccc23)c1. The zero-order chi connectivity index (χ0) is 17.6. The highest BCUT2D eigenvalue weighted by Gasteiger charge is 2.03. The average molecular weight is 372 g/mol. The van der Waals surface area contributed by atoms with Gasteiger partial charge in [-0.3, -0.25) is 4.98 Å². The van der Waals surface area contributed by atoms with Gasteiger partial charge in [-0.15, -0.1) is 0 Å². The van der Waals surface area contributed by atoms with E-state index in [4.69, 9.17) is 23.8 Å². The van der Waals surface area contributed by atoms with E-state index in [1.165, 1.54) is 0 Å². The van der Waals surface area contributed by atoms with Gasteiger partial charge < -0.3 is 16.0 Å². The summed E-state index contributed by atoms with van der Waals surface area (Å²) in [6.07, 6.45) is 3.52. The van der Waals surface area contributed by atoms with E-state index in [0.29, 0.717) is 23.2 Å². The van der Waals surface area contributed by atoms with Crippen LogP contribution in [0.4, 0.5) is 11.5 Å². The molecule has 5 nitrogen and oxygen atoms in total. The lowest BCUT2D eigenvalue weighted by Gasteiger charge is -2.12. The van der Waals surface area contributed by atoms with Crippen molar-refractivity contribution >= 4 is 51.3 Å². The average Bonchev–Trinajstić information content (AvgIpc) is 2.58. The maximum atomic E-state index is 6.01. The van der Waals surface area contributed by atoms with Gasteiger partial charge in [0, 0.05) is 41.6 Å². The van der Waals surface area contributed by atoms with Crippen LogP contribution < -0.4 is 16.0 Å². The third-order valence-electron chi connectivity index (χ3n) is 3.59. The van der Waals surface area contributed by atoms with Gasteiger partial charge in [-0.25, -0.2) is 4.98 Å². The van der Waals surface area contributed by atoms with Crippen LogP contribution in [0.1, 0.15) is 5.56 Å². The Bertz CT molecular complexity index is 900. The van der Waals surface area contributed by atoms with Crippen LogP contribution in [-0.4, -0.2) is 28.2 Å². The summed E-state index contributed by atoms with van der Waals surface area (Å²) < 4.78 is 0. The number of halogens is 1. The molecule has 0 atom stereocenters. The number of benzene rings is 1. The Morgan fingerprint density at radius 2 is 1.92 bits per heavy atom. The second-order valence-electron chi connectivity index (χ2n) is 5.55. The molecule has 0 bridgehead atoms. The van der Waals surface area contributed by atoms with Gasteiger partial charge in [0.2, 0.25) is 0 Å². The fourth-order valence-corrected chi connectivity index (χ4v) is 2.79. The molecule has 2 heterocycles. The van der Waals surface area contributed by atoms with Crippen LogP contribution in [0.25, 0.3) is 10.9 Å². The first-order valence-corrected chi connectivity index (χ1v) is 8.66. The van der Waals surface area contributed by atoms with Crippen LogP contribution in [0.15, 0.2) is 48.8 Å². The first-order chi connectivity index (χ1) is 12.1.